The molecule has 1 saturated heterocycles. The Morgan fingerprint density at radius 3 is 2.44 bits per heavy atom. The zero-order valence-electron chi connectivity index (χ0n) is 17.7. The third kappa shape index (κ3) is 4.91. The minimum absolute atomic E-state index is 0.0239. The Kier molecular flexibility index (Phi) is 6.69. The summed E-state index contributed by atoms with van der Waals surface area (Å²) in [6.45, 7) is 6.40. The van der Waals surface area contributed by atoms with E-state index in [4.69, 9.17) is 4.42 Å². The van der Waals surface area contributed by atoms with Crippen LogP contribution in [0.1, 0.15) is 24.9 Å². The first-order valence-electron chi connectivity index (χ1n) is 10.5. The van der Waals surface area contributed by atoms with Crippen LogP contribution in [0.5, 0.6) is 0 Å². The average molecular weight is 442 g/mol. The number of likely N-dealkylation sites (N-methyl/N-ethyl adjacent to an activating group) is 1. The van der Waals surface area contributed by atoms with Crippen LogP contribution in [0.2, 0.25) is 0 Å². The van der Waals surface area contributed by atoms with Crippen molar-refractivity contribution in [1.82, 2.24) is 25.0 Å². The molecule has 0 bridgehead atoms. The summed E-state index contributed by atoms with van der Waals surface area (Å²) >= 11 is 0. The Morgan fingerprint density at radius 1 is 1.09 bits per heavy atom. The zero-order valence-corrected chi connectivity index (χ0v) is 17.7. The Labute approximate surface area is 184 Å². The maximum Gasteiger partial charge on any atom is 0.324 e. The highest BCUT2D eigenvalue weighted by Crippen LogP contribution is 2.24. The van der Waals surface area contributed by atoms with Crippen LogP contribution >= 0.6 is 0 Å². The molecule has 3 aromatic rings. The molecule has 1 aliphatic heterocycles. The number of piperazine rings is 1. The van der Waals surface area contributed by atoms with Crippen molar-refractivity contribution in [3.8, 4) is 11.5 Å². The number of para-hydroxylation sites is 1. The van der Waals surface area contributed by atoms with Crippen LogP contribution in [0.3, 0.4) is 0 Å². The van der Waals surface area contributed by atoms with E-state index in [2.05, 4.69) is 27.0 Å². The Balaban J connectivity index is 1.51. The van der Waals surface area contributed by atoms with Crippen molar-refractivity contribution in [1.29, 1.82) is 0 Å². The van der Waals surface area contributed by atoms with Crippen molar-refractivity contribution in [2.75, 3.05) is 37.6 Å². The standard InChI is InChI=1S/C22H24F2N6O2/c1-2-28-10-12-29(13-11-28)22(31)30(18-6-4-3-5-7-18)15-17-9-8-16(14-25-17)20-26-27-21(32-20)19(23)24/h3-9,14,19H,2,10-13,15H2,1H3. The number of rotatable bonds is 6. The lowest BCUT2D eigenvalue weighted by Gasteiger charge is -2.37. The second-order valence-corrected chi connectivity index (χ2v) is 7.41. The fourth-order valence-corrected chi connectivity index (χ4v) is 3.55. The summed E-state index contributed by atoms with van der Waals surface area (Å²) < 4.78 is 30.3. The van der Waals surface area contributed by atoms with Gasteiger partial charge in [-0.2, -0.15) is 8.78 Å². The van der Waals surface area contributed by atoms with Crippen LogP contribution < -0.4 is 4.90 Å². The number of urea groups is 1. The van der Waals surface area contributed by atoms with Crippen LogP contribution in [-0.2, 0) is 6.54 Å². The van der Waals surface area contributed by atoms with Crippen molar-refractivity contribution < 1.29 is 18.0 Å². The number of carbonyl (C=O) groups is 1. The summed E-state index contributed by atoms with van der Waals surface area (Å²) in [6, 6.07) is 12.8. The number of amides is 2. The first-order chi connectivity index (χ1) is 15.5. The number of hydrogen-bond donors (Lipinski definition) is 0. The van der Waals surface area contributed by atoms with Crippen LogP contribution in [0.25, 0.3) is 11.5 Å². The number of anilines is 1. The smallest absolute Gasteiger partial charge is 0.324 e. The molecule has 0 N–H and O–H groups in total. The van der Waals surface area contributed by atoms with Gasteiger partial charge in [0.1, 0.15) is 0 Å². The predicted octanol–water partition coefficient (Wildman–Crippen LogP) is 3.83. The second kappa shape index (κ2) is 9.82. The monoisotopic (exact) mass is 442 g/mol. The highest BCUT2D eigenvalue weighted by atomic mass is 19.3. The number of benzene rings is 1. The summed E-state index contributed by atoms with van der Waals surface area (Å²) in [4.78, 5) is 23.6. The molecule has 1 aliphatic rings. The van der Waals surface area contributed by atoms with E-state index in [1.807, 2.05) is 35.2 Å². The summed E-state index contributed by atoms with van der Waals surface area (Å²) in [7, 11) is 0. The molecule has 1 aromatic carbocycles. The van der Waals surface area contributed by atoms with E-state index in [1.54, 1.807) is 17.0 Å². The molecule has 0 spiro atoms. The van der Waals surface area contributed by atoms with Gasteiger partial charge in [-0.25, -0.2) is 4.79 Å². The van der Waals surface area contributed by atoms with Gasteiger partial charge < -0.3 is 14.2 Å². The molecule has 8 nitrogen and oxygen atoms in total. The lowest BCUT2D eigenvalue weighted by molar-refractivity contribution is 0.116. The molecule has 0 saturated carbocycles. The molecule has 4 rings (SSSR count). The van der Waals surface area contributed by atoms with Crippen LogP contribution in [0, 0.1) is 0 Å². The van der Waals surface area contributed by atoms with Gasteiger partial charge >= 0.3 is 12.5 Å². The number of carbonyl (C=O) groups excluding carboxylic acids is 1. The second-order valence-electron chi connectivity index (χ2n) is 7.41. The first kappa shape index (κ1) is 21.8. The largest absolute Gasteiger partial charge is 0.415 e. The number of alkyl halides is 2. The van der Waals surface area contributed by atoms with E-state index in [0.717, 1.165) is 25.3 Å². The summed E-state index contributed by atoms with van der Waals surface area (Å²) in [5, 5.41) is 6.97. The van der Waals surface area contributed by atoms with Gasteiger partial charge in [0.15, 0.2) is 0 Å². The van der Waals surface area contributed by atoms with Crippen molar-refractivity contribution in [2.24, 2.45) is 0 Å². The van der Waals surface area contributed by atoms with E-state index in [0.29, 0.717) is 24.3 Å². The third-order valence-electron chi connectivity index (χ3n) is 5.41. The minimum Gasteiger partial charge on any atom is -0.415 e. The maximum absolute atomic E-state index is 13.4. The Bertz CT molecular complexity index is 1020. The van der Waals surface area contributed by atoms with Gasteiger partial charge in [0.05, 0.1) is 17.8 Å². The van der Waals surface area contributed by atoms with E-state index in [-0.39, 0.29) is 18.5 Å². The number of halogens is 2. The van der Waals surface area contributed by atoms with E-state index >= 15 is 0 Å². The molecule has 32 heavy (non-hydrogen) atoms. The highest BCUT2D eigenvalue weighted by Gasteiger charge is 2.26. The normalized spacial score (nSPS) is 14.7. The summed E-state index contributed by atoms with van der Waals surface area (Å²) in [6.07, 6.45) is -1.35. The quantitative estimate of drug-likeness (QED) is 0.577. The highest BCUT2D eigenvalue weighted by molar-refractivity contribution is 5.92. The van der Waals surface area contributed by atoms with Gasteiger partial charge in [0, 0.05) is 38.1 Å². The Hall–Kier alpha value is -3.40. The van der Waals surface area contributed by atoms with Crippen LogP contribution in [0.4, 0.5) is 19.3 Å². The van der Waals surface area contributed by atoms with Crippen molar-refractivity contribution in [3.05, 3.63) is 60.2 Å². The van der Waals surface area contributed by atoms with Crippen molar-refractivity contribution >= 4 is 11.7 Å². The van der Waals surface area contributed by atoms with Crippen LogP contribution in [-0.4, -0.2) is 63.7 Å². The summed E-state index contributed by atoms with van der Waals surface area (Å²) in [5.41, 5.74) is 1.85. The first-order valence-corrected chi connectivity index (χ1v) is 10.5. The van der Waals surface area contributed by atoms with Gasteiger partial charge in [-0.15, -0.1) is 10.2 Å². The molecule has 0 unspecified atom stereocenters. The molecule has 1 fully saturated rings. The molecule has 0 aliphatic carbocycles. The van der Waals surface area contributed by atoms with Gasteiger partial charge in [0.2, 0.25) is 5.89 Å². The Morgan fingerprint density at radius 2 is 1.84 bits per heavy atom. The molecule has 0 radical (unpaired) electrons. The average Bonchev–Trinajstić information content (AvgIpc) is 3.34. The number of hydrogen-bond acceptors (Lipinski definition) is 6. The number of nitrogens with zero attached hydrogens (tertiary/aromatic N) is 6. The zero-order chi connectivity index (χ0) is 22.5. The SMILES string of the molecule is CCN1CCN(C(=O)N(Cc2ccc(-c3nnc(C(F)F)o3)cn2)c2ccccc2)CC1. The van der Waals surface area contributed by atoms with Gasteiger partial charge in [-0.05, 0) is 30.8 Å². The predicted molar refractivity (Wildman–Crippen MR) is 114 cm³/mol. The third-order valence-corrected chi connectivity index (χ3v) is 5.41. The maximum atomic E-state index is 13.4. The van der Waals surface area contributed by atoms with E-state index in [9.17, 15) is 13.6 Å². The molecule has 0 atom stereocenters. The number of aromatic nitrogens is 3. The fourth-order valence-electron chi connectivity index (χ4n) is 3.55. The fraction of sp³-hybridized carbons (Fsp3) is 0.364. The van der Waals surface area contributed by atoms with Crippen LogP contribution in [0.15, 0.2) is 53.1 Å². The molecule has 168 valence electrons. The lowest BCUT2D eigenvalue weighted by atomic mass is 10.2. The van der Waals surface area contributed by atoms with Gasteiger partial charge in [0.25, 0.3) is 5.89 Å². The topological polar surface area (TPSA) is 78.6 Å². The van der Waals surface area contributed by atoms with E-state index < -0.39 is 12.3 Å². The van der Waals surface area contributed by atoms with Gasteiger partial charge in [-0.1, -0.05) is 25.1 Å². The molecule has 2 amide bonds. The molecular weight excluding hydrogens is 418 g/mol. The molecule has 10 heteroatoms. The van der Waals surface area contributed by atoms with Gasteiger partial charge in [-0.3, -0.25) is 9.88 Å². The van der Waals surface area contributed by atoms with Crippen molar-refractivity contribution in [3.63, 3.8) is 0 Å². The molecular formula is C22H24F2N6O2. The summed E-state index contributed by atoms with van der Waals surface area (Å²) in [5.74, 6) is -0.753. The van der Waals surface area contributed by atoms with Crippen molar-refractivity contribution in [2.45, 2.75) is 19.9 Å². The molecule has 2 aromatic heterocycles. The minimum atomic E-state index is -2.83. The lowest BCUT2D eigenvalue weighted by Crippen LogP contribution is -2.52. The molecule has 3 heterocycles. The number of pyridine rings is 1. The van der Waals surface area contributed by atoms with E-state index in [1.165, 1.54) is 6.20 Å².